The van der Waals surface area contributed by atoms with E-state index in [0.717, 1.165) is 17.4 Å². The molecule has 96 valence electrons. The van der Waals surface area contributed by atoms with Gasteiger partial charge in [-0.05, 0) is 24.8 Å². The molecule has 4 heteroatoms. The lowest BCUT2D eigenvalue weighted by atomic mass is 9.97. The van der Waals surface area contributed by atoms with Crippen LogP contribution in [0.25, 0.3) is 5.65 Å². The SMILES string of the molecule is CC1CCCCCC1Nc1ccn2nccc2n1. The maximum Gasteiger partial charge on any atom is 0.157 e. The Kier molecular flexibility index (Phi) is 3.17. The van der Waals surface area contributed by atoms with Gasteiger partial charge in [0.1, 0.15) is 5.82 Å². The van der Waals surface area contributed by atoms with Gasteiger partial charge in [-0.2, -0.15) is 5.10 Å². The Morgan fingerprint density at radius 2 is 2.11 bits per heavy atom. The van der Waals surface area contributed by atoms with Crippen LogP contribution in [0.5, 0.6) is 0 Å². The quantitative estimate of drug-likeness (QED) is 0.825. The fourth-order valence-corrected chi connectivity index (χ4v) is 2.79. The monoisotopic (exact) mass is 244 g/mol. The summed E-state index contributed by atoms with van der Waals surface area (Å²) in [6.45, 7) is 2.35. The summed E-state index contributed by atoms with van der Waals surface area (Å²) < 4.78 is 1.79. The Hall–Kier alpha value is -1.58. The van der Waals surface area contributed by atoms with Gasteiger partial charge in [0.2, 0.25) is 0 Å². The zero-order valence-corrected chi connectivity index (χ0v) is 10.8. The minimum atomic E-state index is 0.561. The normalized spacial score (nSPS) is 24.9. The van der Waals surface area contributed by atoms with Crippen LogP contribution in [-0.2, 0) is 0 Å². The van der Waals surface area contributed by atoms with Gasteiger partial charge >= 0.3 is 0 Å². The highest BCUT2D eigenvalue weighted by atomic mass is 15.2. The number of rotatable bonds is 2. The summed E-state index contributed by atoms with van der Waals surface area (Å²) in [4.78, 5) is 4.58. The van der Waals surface area contributed by atoms with E-state index in [1.54, 1.807) is 10.7 Å². The molecule has 0 saturated heterocycles. The zero-order chi connectivity index (χ0) is 12.4. The molecule has 4 nitrogen and oxygen atoms in total. The molecule has 2 atom stereocenters. The molecule has 0 spiro atoms. The summed E-state index contributed by atoms with van der Waals surface area (Å²) in [6, 6.07) is 4.50. The Morgan fingerprint density at radius 1 is 1.22 bits per heavy atom. The standard InChI is InChI=1S/C14H20N4/c1-11-5-3-2-4-6-12(11)16-13-8-10-18-14(17-13)7-9-15-18/h7-12H,2-6H2,1H3,(H,16,17). The summed E-state index contributed by atoms with van der Waals surface area (Å²) in [7, 11) is 0. The molecule has 3 rings (SSSR count). The minimum Gasteiger partial charge on any atom is -0.367 e. The molecule has 2 aromatic heterocycles. The molecule has 0 aliphatic heterocycles. The third-order valence-electron chi connectivity index (χ3n) is 3.95. The van der Waals surface area contributed by atoms with E-state index in [2.05, 4.69) is 22.3 Å². The summed E-state index contributed by atoms with van der Waals surface area (Å²) in [6.07, 6.45) is 10.4. The van der Waals surface area contributed by atoms with Crippen LogP contribution >= 0.6 is 0 Å². The first kappa shape index (κ1) is 11.5. The first-order chi connectivity index (χ1) is 8.83. The molecule has 1 fully saturated rings. The lowest BCUT2D eigenvalue weighted by Crippen LogP contribution is -2.26. The van der Waals surface area contributed by atoms with Gasteiger partial charge in [-0.15, -0.1) is 0 Å². The smallest absolute Gasteiger partial charge is 0.157 e. The lowest BCUT2D eigenvalue weighted by molar-refractivity contribution is 0.455. The lowest BCUT2D eigenvalue weighted by Gasteiger charge is -2.23. The van der Waals surface area contributed by atoms with Crippen molar-refractivity contribution in [3.05, 3.63) is 24.5 Å². The topological polar surface area (TPSA) is 42.2 Å². The minimum absolute atomic E-state index is 0.561. The van der Waals surface area contributed by atoms with Gasteiger partial charge in [-0.1, -0.05) is 26.2 Å². The van der Waals surface area contributed by atoms with E-state index in [9.17, 15) is 0 Å². The van der Waals surface area contributed by atoms with Crippen LogP contribution in [-0.4, -0.2) is 20.6 Å². The summed E-state index contributed by atoms with van der Waals surface area (Å²) >= 11 is 0. The predicted molar refractivity (Wildman–Crippen MR) is 72.6 cm³/mol. The van der Waals surface area contributed by atoms with Gasteiger partial charge in [0.15, 0.2) is 5.65 Å². The van der Waals surface area contributed by atoms with Crippen molar-refractivity contribution in [1.29, 1.82) is 0 Å². The molecule has 1 aliphatic carbocycles. The zero-order valence-electron chi connectivity index (χ0n) is 10.8. The number of nitrogens with zero attached hydrogens (tertiary/aromatic N) is 3. The first-order valence-electron chi connectivity index (χ1n) is 6.90. The van der Waals surface area contributed by atoms with Crippen LogP contribution in [0.3, 0.4) is 0 Å². The van der Waals surface area contributed by atoms with Crippen LogP contribution in [0.2, 0.25) is 0 Å². The maximum atomic E-state index is 4.58. The molecule has 18 heavy (non-hydrogen) atoms. The number of fused-ring (bicyclic) bond motifs is 1. The van der Waals surface area contributed by atoms with Crippen molar-refractivity contribution in [3.63, 3.8) is 0 Å². The second-order valence-corrected chi connectivity index (χ2v) is 5.31. The van der Waals surface area contributed by atoms with E-state index in [1.807, 2.05) is 18.3 Å². The molecule has 1 aliphatic rings. The van der Waals surface area contributed by atoms with Crippen molar-refractivity contribution in [2.45, 2.75) is 45.1 Å². The van der Waals surface area contributed by atoms with Gasteiger partial charge in [0.25, 0.3) is 0 Å². The van der Waals surface area contributed by atoms with Crippen LogP contribution < -0.4 is 5.32 Å². The molecule has 2 heterocycles. The van der Waals surface area contributed by atoms with E-state index >= 15 is 0 Å². The number of aromatic nitrogens is 3. The van der Waals surface area contributed by atoms with Crippen molar-refractivity contribution in [1.82, 2.24) is 14.6 Å². The third kappa shape index (κ3) is 2.33. The number of hydrogen-bond donors (Lipinski definition) is 1. The van der Waals surface area contributed by atoms with Gasteiger partial charge in [0.05, 0.1) is 6.20 Å². The molecule has 0 aromatic carbocycles. The van der Waals surface area contributed by atoms with Gasteiger partial charge in [-0.3, -0.25) is 0 Å². The Bertz CT molecular complexity index is 519. The molecule has 0 amide bonds. The highest BCUT2D eigenvalue weighted by molar-refractivity contribution is 5.45. The first-order valence-corrected chi connectivity index (χ1v) is 6.90. The molecule has 1 saturated carbocycles. The number of hydrogen-bond acceptors (Lipinski definition) is 3. The molecular weight excluding hydrogens is 224 g/mol. The average Bonchev–Trinajstić information content (AvgIpc) is 2.75. The fraction of sp³-hybridized carbons (Fsp3) is 0.571. The molecular formula is C14H20N4. The Balaban J connectivity index is 1.77. The molecule has 1 N–H and O–H groups in total. The van der Waals surface area contributed by atoms with Crippen molar-refractivity contribution in [3.8, 4) is 0 Å². The highest BCUT2D eigenvalue weighted by Gasteiger charge is 2.19. The average molecular weight is 244 g/mol. The fourth-order valence-electron chi connectivity index (χ4n) is 2.79. The summed E-state index contributed by atoms with van der Waals surface area (Å²) in [5, 5.41) is 7.76. The second kappa shape index (κ2) is 4.96. The molecule has 2 aromatic rings. The third-order valence-corrected chi connectivity index (χ3v) is 3.95. The summed E-state index contributed by atoms with van der Waals surface area (Å²) in [5.41, 5.74) is 0.904. The van der Waals surface area contributed by atoms with Crippen LogP contribution in [0.15, 0.2) is 24.5 Å². The Labute approximate surface area is 107 Å². The second-order valence-electron chi connectivity index (χ2n) is 5.31. The highest BCUT2D eigenvalue weighted by Crippen LogP contribution is 2.25. The summed E-state index contributed by atoms with van der Waals surface area (Å²) in [5.74, 6) is 1.71. The number of anilines is 1. The largest absolute Gasteiger partial charge is 0.367 e. The van der Waals surface area contributed by atoms with Gasteiger partial charge < -0.3 is 5.32 Å². The molecule has 0 radical (unpaired) electrons. The van der Waals surface area contributed by atoms with Crippen molar-refractivity contribution in [2.24, 2.45) is 5.92 Å². The van der Waals surface area contributed by atoms with Gasteiger partial charge in [0, 0.05) is 18.3 Å². The van der Waals surface area contributed by atoms with Crippen molar-refractivity contribution < 1.29 is 0 Å². The van der Waals surface area contributed by atoms with Gasteiger partial charge in [-0.25, -0.2) is 9.50 Å². The Morgan fingerprint density at radius 3 is 3.06 bits per heavy atom. The van der Waals surface area contributed by atoms with Crippen LogP contribution in [0.4, 0.5) is 5.82 Å². The van der Waals surface area contributed by atoms with Crippen molar-refractivity contribution in [2.75, 3.05) is 5.32 Å². The number of nitrogens with one attached hydrogen (secondary N) is 1. The maximum absolute atomic E-state index is 4.58. The van der Waals surface area contributed by atoms with Crippen molar-refractivity contribution >= 4 is 11.5 Å². The predicted octanol–water partition coefficient (Wildman–Crippen LogP) is 3.11. The van der Waals surface area contributed by atoms with E-state index in [4.69, 9.17) is 0 Å². The van der Waals surface area contributed by atoms with E-state index in [1.165, 1.54) is 32.1 Å². The van der Waals surface area contributed by atoms with Crippen LogP contribution in [0.1, 0.15) is 39.0 Å². The van der Waals surface area contributed by atoms with E-state index < -0.39 is 0 Å². The van der Waals surface area contributed by atoms with Crippen LogP contribution in [0, 0.1) is 5.92 Å². The molecule has 2 unspecified atom stereocenters. The van der Waals surface area contributed by atoms with E-state index in [-0.39, 0.29) is 0 Å². The van der Waals surface area contributed by atoms with E-state index in [0.29, 0.717) is 6.04 Å². The molecule has 0 bridgehead atoms.